The van der Waals surface area contributed by atoms with Crippen LogP contribution in [0.2, 0.25) is 0 Å². The lowest BCUT2D eigenvalue weighted by atomic mass is 10.2. The second kappa shape index (κ2) is 6.18. The molecule has 0 bridgehead atoms. The lowest BCUT2D eigenvalue weighted by Gasteiger charge is -2.04. The minimum absolute atomic E-state index is 0.106. The zero-order valence-electron chi connectivity index (χ0n) is 9.66. The first-order valence-corrected chi connectivity index (χ1v) is 6.69. The summed E-state index contributed by atoms with van der Waals surface area (Å²) in [6.07, 6.45) is 2.60. The van der Waals surface area contributed by atoms with E-state index >= 15 is 0 Å². The number of benzene rings is 1. The Morgan fingerprint density at radius 2 is 2.00 bits per heavy atom. The second-order valence-electron chi connectivity index (χ2n) is 3.31. The Bertz CT molecular complexity index is 533. The zero-order valence-corrected chi connectivity index (χ0v) is 10.5. The van der Waals surface area contributed by atoms with Gasteiger partial charge in [-0.25, -0.2) is 5.48 Å². The van der Waals surface area contributed by atoms with Gasteiger partial charge in [0.05, 0.1) is 5.75 Å². The smallest absolute Gasteiger partial charge is 0.308 e. The van der Waals surface area contributed by atoms with Crippen molar-refractivity contribution in [2.75, 3.05) is 5.75 Å². The summed E-state index contributed by atoms with van der Waals surface area (Å²) in [5.41, 5.74) is 2.12. The summed E-state index contributed by atoms with van der Waals surface area (Å²) in [5.74, 6) is -0.546. The van der Waals surface area contributed by atoms with E-state index in [1.807, 2.05) is 0 Å². The largest absolute Gasteiger partial charge is 0.382 e. The number of hydroxylamine groups is 1. The molecule has 0 radical (unpaired) electrons. The molecule has 0 aliphatic rings. The average molecular weight is 271 g/mol. The Kier molecular flexibility index (Phi) is 4.87. The van der Waals surface area contributed by atoms with Crippen LogP contribution in [0.3, 0.4) is 0 Å². The predicted molar refractivity (Wildman–Crippen MR) is 65.5 cm³/mol. The van der Waals surface area contributed by atoms with Crippen molar-refractivity contribution < 1.29 is 22.6 Å². The topological polar surface area (TPSA) is 92.7 Å². The lowest BCUT2D eigenvalue weighted by Crippen LogP contribution is -2.14. The highest BCUT2D eigenvalue weighted by atomic mass is 32.2. The lowest BCUT2D eigenvalue weighted by molar-refractivity contribution is -0.124. The molecule has 0 spiro atoms. The van der Waals surface area contributed by atoms with Crippen LogP contribution in [0, 0.1) is 0 Å². The monoisotopic (exact) mass is 271 g/mol. The molecule has 1 aromatic carbocycles. The van der Waals surface area contributed by atoms with Gasteiger partial charge in [-0.2, -0.15) is 8.42 Å². The van der Waals surface area contributed by atoms with Crippen LogP contribution in [0.15, 0.2) is 30.3 Å². The number of hydrogen-bond acceptors (Lipinski definition) is 5. The van der Waals surface area contributed by atoms with Crippen LogP contribution in [-0.4, -0.2) is 25.3 Å². The molecule has 0 aliphatic carbocycles. The molecule has 2 N–H and O–H groups in total. The van der Waals surface area contributed by atoms with Crippen LogP contribution in [0.5, 0.6) is 5.75 Å². The Morgan fingerprint density at radius 1 is 1.39 bits per heavy atom. The van der Waals surface area contributed by atoms with E-state index in [4.69, 9.17) is 9.39 Å². The molecule has 0 saturated carbocycles. The summed E-state index contributed by atoms with van der Waals surface area (Å²) >= 11 is 0. The van der Waals surface area contributed by atoms with Crippen LogP contribution in [0.4, 0.5) is 0 Å². The van der Waals surface area contributed by atoms with Gasteiger partial charge in [0.15, 0.2) is 0 Å². The molecule has 98 valence electrons. The fraction of sp³-hybridized carbons (Fsp3) is 0.182. The highest BCUT2D eigenvalue weighted by Gasteiger charge is 2.08. The third-order valence-electron chi connectivity index (χ3n) is 1.99. The summed E-state index contributed by atoms with van der Waals surface area (Å²) in [6, 6.07) is 6.12. The first-order chi connectivity index (χ1) is 8.46. The Balaban J connectivity index is 2.75. The molecule has 1 amide bonds. The number of carbonyl (C=O) groups excluding carboxylic acids is 1. The third-order valence-corrected chi connectivity index (χ3v) is 3.15. The van der Waals surface area contributed by atoms with E-state index in [9.17, 15) is 13.2 Å². The number of hydrogen-bond donors (Lipinski definition) is 2. The maximum absolute atomic E-state index is 11.2. The molecule has 0 atom stereocenters. The average Bonchev–Trinajstić information content (AvgIpc) is 2.37. The summed E-state index contributed by atoms with van der Waals surface area (Å²) in [4.78, 5) is 10.7. The molecule has 0 saturated heterocycles. The van der Waals surface area contributed by atoms with E-state index in [0.29, 0.717) is 5.56 Å². The second-order valence-corrected chi connectivity index (χ2v) is 5.17. The van der Waals surface area contributed by atoms with Crippen molar-refractivity contribution in [1.82, 2.24) is 5.48 Å². The van der Waals surface area contributed by atoms with Crippen LogP contribution in [0.25, 0.3) is 6.08 Å². The molecule has 18 heavy (non-hydrogen) atoms. The fourth-order valence-electron chi connectivity index (χ4n) is 1.05. The van der Waals surface area contributed by atoms with E-state index in [-0.39, 0.29) is 11.5 Å². The Morgan fingerprint density at radius 3 is 2.50 bits per heavy atom. The molecule has 0 heterocycles. The van der Waals surface area contributed by atoms with Crippen LogP contribution in [0.1, 0.15) is 12.5 Å². The van der Waals surface area contributed by atoms with E-state index < -0.39 is 16.0 Å². The first-order valence-electron chi connectivity index (χ1n) is 5.11. The van der Waals surface area contributed by atoms with E-state index in [0.717, 1.165) is 6.08 Å². The minimum Gasteiger partial charge on any atom is -0.382 e. The molecule has 7 heteroatoms. The first kappa shape index (κ1) is 14.2. The van der Waals surface area contributed by atoms with E-state index in [1.165, 1.54) is 30.6 Å². The van der Waals surface area contributed by atoms with Gasteiger partial charge in [-0.05, 0) is 30.7 Å². The van der Waals surface area contributed by atoms with E-state index in [2.05, 4.69) is 0 Å². The molecule has 0 aliphatic heterocycles. The maximum Gasteiger partial charge on any atom is 0.308 e. The minimum atomic E-state index is -3.53. The zero-order chi connectivity index (χ0) is 13.6. The van der Waals surface area contributed by atoms with Gasteiger partial charge >= 0.3 is 10.1 Å². The van der Waals surface area contributed by atoms with Crippen molar-refractivity contribution >= 4 is 22.1 Å². The van der Waals surface area contributed by atoms with Crippen molar-refractivity contribution in [3.05, 3.63) is 35.9 Å². The van der Waals surface area contributed by atoms with Crippen molar-refractivity contribution in [2.45, 2.75) is 6.92 Å². The summed E-state index contributed by atoms with van der Waals surface area (Å²) in [5, 5.41) is 8.27. The van der Waals surface area contributed by atoms with Crippen molar-refractivity contribution in [2.24, 2.45) is 0 Å². The molecule has 0 aromatic heterocycles. The molecular weight excluding hydrogens is 258 g/mol. The molecule has 0 fully saturated rings. The molecule has 1 rings (SSSR count). The van der Waals surface area contributed by atoms with Gasteiger partial charge in [0.25, 0.3) is 5.91 Å². The molecular formula is C11H13NO5S. The highest BCUT2D eigenvalue weighted by molar-refractivity contribution is 7.87. The summed E-state index contributed by atoms with van der Waals surface area (Å²) in [6.45, 7) is 1.49. The van der Waals surface area contributed by atoms with Gasteiger partial charge in [0.2, 0.25) is 0 Å². The summed E-state index contributed by atoms with van der Waals surface area (Å²) in [7, 11) is -3.53. The maximum atomic E-state index is 11.2. The third kappa shape index (κ3) is 4.56. The van der Waals surface area contributed by atoms with Crippen LogP contribution < -0.4 is 9.66 Å². The quantitative estimate of drug-likeness (QED) is 0.360. The summed E-state index contributed by atoms with van der Waals surface area (Å²) < 4.78 is 27.2. The van der Waals surface area contributed by atoms with Gasteiger partial charge in [0, 0.05) is 6.08 Å². The van der Waals surface area contributed by atoms with Gasteiger partial charge in [-0.3, -0.25) is 10.0 Å². The fourth-order valence-corrected chi connectivity index (χ4v) is 1.57. The molecule has 1 aromatic rings. The Hall–Kier alpha value is -1.86. The SMILES string of the molecule is CCS(=O)(=O)Oc1ccc(C=CC(=O)NO)cc1. The van der Waals surface area contributed by atoms with Gasteiger partial charge < -0.3 is 4.18 Å². The number of rotatable bonds is 5. The predicted octanol–water partition coefficient (Wildman–Crippen LogP) is 0.934. The number of amides is 1. The number of carbonyl (C=O) groups is 1. The standard InChI is InChI=1S/C11H13NO5S/c1-2-18(15,16)17-10-6-3-9(4-7-10)5-8-11(13)12-14/h3-8,14H,2H2,1H3,(H,12,13). The van der Waals surface area contributed by atoms with Crippen LogP contribution in [-0.2, 0) is 14.9 Å². The van der Waals surface area contributed by atoms with E-state index in [1.54, 1.807) is 12.1 Å². The van der Waals surface area contributed by atoms with Crippen molar-refractivity contribution in [3.63, 3.8) is 0 Å². The van der Waals surface area contributed by atoms with Crippen molar-refractivity contribution in [1.29, 1.82) is 0 Å². The molecule has 6 nitrogen and oxygen atoms in total. The highest BCUT2D eigenvalue weighted by Crippen LogP contribution is 2.15. The normalized spacial score (nSPS) is 11.4. The van der Waals surface area contributed by atoms with Crippen LogP contribution >= 0.6 is 0 Å². The van der Waals surface area contributed by atoms with Gasteiger partial charge in [-0.1, -0.05) is 12.1 Å². The number of nitrogens with one attached hydrogen (secondary N) is 1. The Labute approximate surface area is 105 Å². The van der Waals surface area contributed by atoms with Gasteiger partial charge in [-0.15, -0.1) is 0 Å². The van der Waals surface area contributed by atoms with Crippen molar-refractivity contribution in [3.8, 4) is 5.75 Å². The van der Waals surface area contributed by atoms with Gasteiger partial charge in [0.1, 0.15) is 5.75 Å². The molecule has 0 unspecified atom stereocenters.